The largest absolute Gasteiger partial charge is 0.493 e. The van der Waals surface area contributed by atoms with Crippen LogP contribution < -0.4 is 9.47 Å². The topological polar surface area (TPSA) is 127 Å². The molecule has 0 amide bonds. The van der Waals surface area contributed by atoms with Gasteiger partial charge in [-0.05, 0) is 32.9 Å². The number of carbonyl (C=O) groups is 1. The van der Waals surface area contributed by atoms with E-state index in [2.05, 4.69) is 10.2 Å². The summed E-state index contributed by atoms with van der Waals surface area (Å²) in [6, 6.07) is 9.81. The van der Waals surface area contributed by atoms with Crippen LogP contribution in [0, 0.1) is 17.0 Å². The van der Waals surface area contributed by atoms with Gasteiger partial charge in [-0.15, -0.1) is 10.2 Å². The summed E-state index contributed by atoms with van der Waals surface area (Å²) in [6.45, 7) is 5.49. The summed E-state index contributed by atoms with van der Waals surface area (Å²) in [5, 5.41) is 19.4. The van der Waals surface area contributed by atoms with Gasteiger partial charge in [-0.3, -0.25) is 10.1 Å². The molecule has 0 saturated carbocycles. The SMILES string of the molecule is CCOc1cc([N+](=O)[O-])c(C(=O)OC(C)c2nnc(-c3ccc(C)cc3)o2)cc1OC. The van der Waals surface area contributed by atoms with E-state index in [0.29, 0.717) is 0 Å². The predicted octanol–water partition coefficient (Wildman–Crippen LogP) is 4.28. The fraction of sp³-hybridized carbons (Fsp3) is 0.286. The summed E-state index contributed by atoms with van der Waals surface area (Å²) in [4.78, 5) is 23.5. The molecule has 0 N–H and O–H groups in total. The van der Waals surface area contributed by atoms with Crippen molar-refractivity contribution in [1.82, 2.24) is 10.2 Å². The van der Waals surface area contributed by atoms with Gasteiger partial charge < -0.3 is 18.6 Å². The predicted molar refractivity (Wildman–Crippen MR) is 109 cm³/mol. The van der Waals surface area contributed by atoms with Crippen LogP contribution in [-0.2, 0) is 4.74 Å². The van der Waals surface area contributed by atoms with Crippen LogP contribution in [-0.4, -0.2) is 34.8 Å². The van der Waals surface area contributed by atoms with Crippen molar-refractivity contribution in [2.24, 2.45) is 0 Å². The first-order valence-corrected chi connectivity index (χ1v) is 9.44. The Hall–Kier alpha value is -3.95. The molecule has 1 aromatic heterocycles. The van der Waals surface area contributed by atoms with Gasteiger partial charge in [-0.25, -0.2) is 4.79 Å². The molecule has 1 heterocycles. The monoisotopic (exact) mass is 427 g/mol. The lowest BCUT2D eigenvalue weighted by Gasteiger charge is -2.13. The highest BCUT2D eigenvalue weighted by molar-refractivity contribution is 5.95. The molecule has 0 aliphatic carbocycles. The number of hydrogen-bond acceptors (Lipinski definition) is 9. The molecule has 0 spiro atoms. The van der Waals surface area contributed by atoms with Crippen LogP contribution in [0.2, 0.25) is 0 Å². The van der Waals surface area contributed by atoms with E-state index >= 15 is 0 Å². The van der Waals surface area contributed by atoms with E-state index in [1.165, 1.54) is 20.1 Å². The molecule has 10 nitrogen and oxygen atoms in total. The van der Waals surface area contributed by atoms with Crippen LogP contribution in [0.1, 0.15) is 41.8 Å². The second-order valence-electron chi connectivity index (χ2n) is 6.57. The first-order valence-electron chi connectivity index (χ1n) is 9.44. The number of nitro groups is 1. The highest BCUT2D eigenvalue weighted by Gasteiger charge is 2.28. The molecule has 0 aliphatic heterocycles. The van der Waals surface area contributed by atoms with Crippen molar-refractivity contribution in [3.8, 4) is 23.0 Å². The van der Waals surface area contributed by atoms with E-state index in [1.807, 2.05) is 31.2 Å². The highest BCUT2D eigenvalue weighted by Crippen LogP contribution is 2.36. The van der Waals surface area contributed by atoms with E-state index in [9.17, 15) is 14.9 Å². The van der Waals surface area contributed by atoms with E-state index in [4.69, 9.17) is 18.6 Å². The number of nitro benzene ring substituents is 1. The minimum Gasteiger partial charge on any atom is -0.493 e. The van der Waals surface area contributed by atoms with Gasteiger partial charge in [-0.2, -0.15) is 0 Å². The lowest BCUT2D eigenvalue weighted by Crippen LogP contribution is -2.12. The van der Waals surface area contributed by atoms with Crippen molar-refractivity contribution < 1.29 is 28.3 Å². The zero-order valence-corrected chi connectivity index (χ0v) is 17.4. The van der Waals surface area contributed by atoms with Crippen molar-refractivity contribution >= 4 is 11.7 Å². The molecule has 1 atom stereocenters. The van der Waals surface area contributed by atoms with Crippen molar-refractivity contribution in [2.45, 2.75) is 26.9 Å². The molecule has 31 heavy (non-hydrogen) atoms. The van der Waals surface area contributed by atoms with Gasteiger partial charge in [0.25, 0.3) is 11.6 Å². The molecule has 10 heteroatoms. The van der Waals surface area contributed by atoms with E-state index in [-0.39, 0.29) is 35.5 Å². The Morgan fingerprint density at radius 2 is 1.90 bits per heavy atom. The van der Waals surface area contributed by atoms with Crippen molar-refractivity contribution in [3.05, 3.63) is 63.5 Å². The van der Waals surface area contributed by atoms with E-state index in [0.717, 1.165) is 17.2 Å². The number of aryl methyl sites for hydroxylation is 1. The van der Waals surface area contributed by atoms with Crippen LogP contribution in [0.3, 0.4) is 0 Å². The second-order valence-corrected chi connectivity index (χ2v) is 6.57. The molecule has 3 rings (SSSR count). The summed E-state index contributed by atoms with van der Waals surface area (Å²) in [5.41, 5.74) is 1.05. The number of benzene rings is 2. The fourth-order valence-electron chi connectivity index (χ4n) is 2.78. The first-order chi connectivity index (χ1) is 14.8. The van der Waals surface area contributed by atoms with Crippen molar-refractivity contribution in [1.29, 1.82) is 0 Å². The minimum atomic E-state index is -0.935. The molecule has 3 aromatic rings. The third kappa shape index (κ3) is 4.80. The van der Waals surface area contributed by atoms with Crippen LogP contribution in [0.15, 0.2) is 40.8 Å². The highest BCUT2D eigenvalue weighted by atomic mass is 16.6. The Labute approximate surface area is 177 Å². The minimum absolute atomic E-state index is 0.0597. The molecule has 0 bridgehead atoms. The number of carbonyl (C=O) groups excluding carboxylic acids is 1. The Morgan fingerprint density at radius 3 is 2.52 bits per heavy atom. The first kappa shape index (κ1) is 21.8. The molecule has 162 valence electrons. The molecule has 0 aliphatic rings. The zero-order valence-electron chi connectivity index (χ0n) is 17.4. The molecular formula is C21H21N3O7. The van der Waals surface area contributed by atoms with Gasteiger partial charge in [0, 0.05) is 11.6 Å². The van der Waals surface area contributed by atoms with Crippen LogP contribution in [0.4, 0.5) is 5.69 Å². The van der Waals surface area contributed by atoms with Gasteiger partial charge in [0.05, 0.1) is 24.7 Å². The summed E-state index contributed by atoms with van der Waals surface area (Å²) >= 11 is 0. The fourth-order valence-corrected chi connectivity index (χ4v) is 2.78. The molecule has 0 saturated heterocycles. The summed E-state index contributed by atoms with van der Waals surface area (Å²) in [7, 11) is 1.37. The summed E-state index contributed by atoms with van der Waals surface area (Å²) in [6.07, 6.45) is -0.934. The van der Waals surface area contributed by atoms with Crippen LogP contribution >= 0.6 is 0 Å². The summed E-state index contributed by atoms with van der Waals surface area (Å²) in [5.74, 6) is -0.279. The lowest BCUT2D eigenvalue weighted by atomic mass is 10.1. The smallest absolute Gasteiger partial charge is 0.346 e. The standard InChI is InChI=1S/C21H21N3O7/c1-5-29-18-11-16(24(26)27)15(10-17(18)28-4)21(25)30-13(3)19-22-23-20(31-19)14-8-6-12(2)7-9-14/h6-11,13H,5H2,1-4H3. The summed E-state index contributed by atoms with van der Waals surface area (Å²) < 4.78 is 21.5. The Bertz CT molecular complexity index is 1090. The van der Waals surface area contributed by atoms with Gasteiger partial charge >= 0.3 is 5.97 Å². The number of aromatic nitrogens is 2. The number of ether oxygens (including phenoxy) is 3. The van der Waals surface area contributed by atoms with Gasteiger partial charge in [0.1, 0.15) is 5.56 Å². The maximum absolute atomic E-state index is 12.7. The number of methoxy groups -OCH3 is 1. The number of esters is 1. The Morgan fingerprint density at radius 1 is 1.19 bits per heavy atom. The second kappa shape index (κ2) is 9.24. The lowest BCUT2D eigenvalue weighted by molar-refractivity contribution is -0.385. The van der Waals surface area contributed by atoms with Gasteiger partial charge in [0.2, 0.25) is 5.89 Å². The van der Waals surface area contributed by atoms with E-state index < -0.39 is 22.7 Å². The van der Waals surface area contributed by atoms with Crippen molar-refractivity contribution in [2.75, 3.05) is 13.7 Å². The quantitative estimate of drug-likeness (QED) is 0.294. The van der Waals surface area contributed by atoms with Crippen LogP contribution in [0.25, 0.3) is 11.5 Å². The molecule has 1 unspecified atom stereocenters. The number of rotatable bonds is 8. The third-order valence-electron chi connectivity index (χ3n) is 4.37. The van der Waals surface area contributed by atoms with Crippen LogP contribution in [0.5, 0.6) is 11.5 Å². The molecule has 0 fully saturated rings. The van der Waals surface area contributed by atoms with Crippen molar-refractivity contribution in [3.63, 3.8) is 0 Å². The molecule has 0 radical (unpaired) electrons. The Kier molecular flexibility index (Phi) is 6.49. The zero-order chi connectivity index (χ0) is 22.5. The van der Waals surface area contributed by atoms with Gasteiger partial charge in [0.15, 0.2) is 17.6 Å². The third-order valence-corrected chi connectivity index (χ3v) is 4.37. The van der Waals surface area contributed by atoms with Gasteiger partial charge in [-0.1, -0.05) is 17.7 Å². The number of nitrogens with zero attached hydrogens (tertiary/aromatic N) is 3. The maximum Gasteiger partial charge on any atom is 0.346 e. The average Bonchev–Trinajstić information content (AvgIpc) is 3.24. The normalized spacial score (nSPS) is 11.6. The maximum atomic E-state index is 12.7. The average molecular weight is 427 g/mol. The number of hydrogen-bond donors (Lipinski definition) is 0. The molecular weight excluding hydrogens is 406 g/mol. The Balaban J connectivity index is 1.84. The molecule has 2 aromatic carbocycles. The van der Waals surface area contributed by atoms with E-state index in [1.54, 1.807) is 6.92 Å².